The first-order chi connectivity index (χ1) is 8.13. The van der Waals surface area contributed by atoms with Crippen LogP contribution in [-0.2, 0) is 7.05 Å². The zero-order valence-electron chi connectivity index (χ0n) is 9.84. The number of nitrogens with zero attached hydrogens (tertiary/aromatic N) is 4. The first-order valence-electron chi connectivity index (χ1n) is 5.13. The summed E-state index contributed by atoms with van der Waals surface area (Å²) >= 11 is 1.39. The number of aryl methyl sites for hydroxylation is 1. The summed E-state index contributed by atoms with van der Waals surface area (Å²) < 4.78 is 7.12. The highest BCUT2D eigenvalue weighted by molar-refractivity contribution is 8.00. The Kier molecular flexibility index (Phi) is 3.20. The van der Waals surface area contributed by atoms with E-state index in [9.17, 15) is 0 Å². The standard InChI is InChI=1S/C11H12N4OS/c1-7(6-12)17-11-14-13-10(15(11)3)9-4-5-16-8(9)2/h4-5,7H,1-3H3/t7-/m0/s1. The SMILES string of the molecule is Cc1occc1-c1nnc(S[C@@H](C)C#N)n1C. The van der Waals surface area contributed by atoms with E-state index in [0.717, 1.165) is 22.3 Å². The molecule has 2 heterocycles. The molecule has 88 valence electrons. The summed E-state index contributed by atoms with van der Waals surface area (Å²) in [6.45, 7) is 3.72. The molecule has 0 aromatic carbocycles. The van der Waals surface area contributed by atoms with E-state index in [2.05, 4.69) is 16.3 Å². The second-order valence-electron chi connectivity index (χ2n) is 3.64. The predicted molar refractivity (Wildman–Crippen MR) is 64.4 cm³/mol. The molecular formula is C11H12N4OS. The van der Waals surface area contributed by atoms with E-state index >= 15 is 0 Å². The lowest BCUT2D eigenvalue weighted by molar-refractivity contribution is 0.534. The molecule has 2 aromatic rings. The van der Waals surface area contributed by atoms with Gasteiger partial charge in [-0.2, -0.15) is 5.26 Å². The Hall–Kier alpha value is -1.74. The van der Waals surface area contributed by atoms with Crippen molar-refractivity contribution in [2.75, 3.05) is 0 Å². The molecule has 0 spiro atoms. The van der Waals surface area contributed by atoms with Gasteiger partial charge in [-0.05, 0) is 19.9 Å². The van der Waals surface area contributed by atoms with E-state index < -0.39 is 0 Å². The number of thioether (sulfide) groups is 1. The number of furan rings is 1. The van der Waals surface area contributed by atoms with Gasteiger partial charge in [0, 0.05) is 7.05 Å². The van der Waals surface area contributed by atoms with Crippen molar-refractivity contribution in [3.05, 3.63) is 18.1 Å². The lowest BCUT2D eigenvalue weighted by Gasteiger charge is -2.03. The molecule has 0 saturated heterocycles. The Labute approximate surface area is 103 Å². The van der Waals surface area contributed by atoms with Crippen LogP contribution < -0.4 is 0 Å². The van der Waals surface area contributed by atoms with Crippen LogP contribution in [0.25, 0.3) is 11.4 Å². The van der Waals surface area contributed by atoms with Crippen LogP contribution in [0, 0.1) is 18.3 Å². The maximum absolute atomic E-state index is 8.78. The van der Waals surface area contributed by atoms with Gasteiger partial charge in [0.25, 0.3) is 0 Å². The summed E-state index contributed by atoms with van der Waals surface area (Å²) in [5, 5.41) is 17.6. The molecule has 1 atom stereocenters. The molecule has 0 amide bonds. The molecule has 2 rings (SSSR count). The van der Waals surface area contributed by atoms with Crippen LogP contribution in [0.4, 0.5) is 0 Å². The molecule has 0 aliphatic heterocycles. The van der Waals surface area contributed by atoms with E-state index in [4.69, 9.17) is 9.68 Å². The third-order valence-electron chi connectivity index (χ3n) is 2.40. The van der Waals surface area contributed by atoms with Crippen LogP contribution in [0.15, 0.2) is 21.9 Å². The molecule has 0 bridgehead atoms. The fourth-order valence-electron chi connectivity index (χ4n) is 1.45. The maximum atomic E-state index is 8.78. The van der Waals surface area contributed by atoms with Gasteiger partial charge < -0.3 is 8.98 Å². The zero-order chi connectivity index (χ0) is 12.4. The molecular weight excluding hydrogens is 236 g/mol. The average Bonchev–Trinajstić information content (AvgIpc) is 2.87. The van der Waals surface area contributed by atoms with Crippen molar-refractivity contribution in [2.24, 2.45) is 7.05 Å². The normalized spacial score (nSPS) is 12.4. The van der Waals surface area contributed by atoms with Crippen LogP contribution in [0.5, 0.6) is 0 Å². The fraction of sp³-hybridized carbons (Fsp3) is 0.364. The molecule has 2 aromatic heterocycles. The fourth-order valence-corrected chi connectivity index (χ4v) is 2.15. The van der Waals surface area contributed by atoms with E-state index in [1.807, 2.05) is 31.5 Å². The lowest BCUT2D eigenvalue weighted by atomic mass is 10.2. The lowest BCUT2D eigenvalue weighted by Crippen LogP contribution is -1.98. The highest BCUT2D eigenvalue weighted by atomic mass is 32.2. The van der Waals surface area contributed by atoms with Gasteiger partial charge in [0.2, 0.25) is 0 Å². The van der Waals surface area contributed by atoms with Crippen molar-refractivity contribution in [3.63, 3.8) is 0 Å². The Morgan fingerprint density at radius 2 is 2.29 bits per heavy atom. The van der Waals surface area contributed by atoms with Crippen molar-refractivity contribution < 1.29 is 4.42 Å². The van der Waals surface area contributed by atoms with Gasteiger partial charge in [0.1, 0.15) is 5.76 Å². The van der Waals surface area contributed by atoms with Crippen LogP contribution in [-0.4, -0.2) is 20.0 Å². The Balaban J connectivity index is 2.34. The molecule has 0 unspecified atom stereocenters. The summed E-state index contributed by atoms with van der Waals surface area (Å²) in [6, 6.07) is 4.02. The molecule has 0 saturated carbocycles. The Bertz CT molecular complexity index is 566. The van der Waals surface area contributed by atoms with Gasteiger partial charge in [-0.3, -0.25) is 0 Å². The van der Waals surface area contributed by atoms with E-state index in [1.54, 1.807) is 6.26 Å². The molecule has 6 heteroatoms. The zero-order valence-corrected chi connectivity index (χ0v) is 10.7. The van der Waals surface area contributed by atoms with Gasteiger partial charge in [-0.25, -0.2) is 0 Å². The van der Waals surface area contributed by atoms with Crippen LogP contribution in [0.3, 0.4) is 0 Å². The van der Waals surface area contributed by atoms with Gasteiger partial charge in [-0.1, -0.05) is 11.8 Å². The van der Waals surface area contributed by atoms with Crippen molar-refractivity contribution in [3.8, 4) is 17.5 Å². The highest BCUT2D eigenvalue weighted by Gasteiger charge is 2.16. The summed E-state index contributed by atoms with van der Waals surface area (Å²) in [5.41, 5.74) is 0.927. The molecule has 0 fully saturated rings. The van der Waals surface area contributed by atoms with Crippen molar-refractivity contribution >= 4 is 11.8 Å². The minimum absolute atomic E-state index is 0.142. The summed E-state index contributed by atoms with van der Waals surface area (Å²) in [5.74, 6) is 1.56. The van der Waals surface area contributed by atoms with E-state index in [0.29, 0.717) is 0 Å². The number of rotatable bonds is 3. The third-order valence-corrected chi connectivity index (χ3v) is 3.42. The summed E-state index contributed by atoms with van der Waals surface area (Å²) in [7, 11) is 1.88. The molecule has 5 nitrogen and oxygen atoms in total. The van der Waals surface area contributed by atoms with Crippen molar-refractivity contribution in [1.82, 2.24) is 14.8 Å². The number of aromatic nitrogens is 3. The Morgan fingerprint density at radius 3 is 2.88 bits per heavy atom. The number of nitriles is 1. The van der Waals surface area contributed by atoms with Gasteiger partial charge in [0.15, 0.2) is 11.0 Å². The minimum Gasteiger partial charge on any atom is -0.469 e. The van der Waals surface area contributed by atoms with Crippen molar-refractivity contribution in [1.29, 1.82) is 5.26 Å². The summed E-state index contributed by atoms with van der Waals surface area (Å²) in [4.78, 5) is 0. The number of hydrogen-bond donors (Lipinski definition) is 0. The van der Waals surface area contributed by atoms with Crippen LogP contribution in [0.2, 0.25) is 0 Å². The molecule has 0 radical (unpaired) electrons. The smallest absolute Gasteiger partial charge is 0.192 e. The van der Waals surface area contributed by atoms with Gasteiger partial charge >= 0.3 is 0 Å². The van der Waals surface area contributed by atoms with E-state index in [1.165, 1.54) is 11.8 Å². The first-order valence-corrected chi connectivity index (χ1v) is 6.01. The van der Waals surface area contributed by atoms with Gasteiger partial charge in [-0.15, -0.1) is 10.2 Å². The molecule has 17 heavy (non-hydrogen) atoms. The van der Waals surface area contributed by atoms with Crippen LogP contribution in [0.1, 0.15) is 12.7 Å². The molecule has 0 aliphatic rings. The van der Waals surface area contributed by atoms with E-state index in [-0.39, 0.29) is 5.25 Å². The van der Waals surface area contributed by atoms with Crippen LogP contribution >= 0.6 is 11.8 Å². The molecule has 0 N–H and O–H groups in total. The Morgan fingerprint density at radius 1 is 1.53 bits per heavy atom. The predicted octanol–water partition coefficient (Wildman–Crippen LogP) is 2.39. The highest BCUT2D eigenvalue weighted by Crippen LogP contribution is 2.27. The second kappa shape index (κ2) is 4.63. The van der Waals surface area contributed by atoms with Gasteiger partial charge in [0.05, 0.1) is 23.1 Å². The molecule has 0 aliphatic carbocycles. The largest absolute Gasteiger partial charge is 0.469 e. The second-order valence-corrected chi connectivity index (χ2v) is 4.95. The topological polar surface area (TPSA) is 67.6 Å². The third kappa shape index (κ3) is 2.19. The summed E-state index contributed by atoms with van der Waals surface area (Å²) in [6.07, 6.45) is 1.63. The first kappa shape index (κ1) is 11.7. The quantitative estimate of drug-likeness (QED) is 0.780. The number of hydrogen-bond acceptors (Lipinski definition) is 5. The average molecular weight is 248 g/mol. The minimum atomic E-state index is -0.142. The monoisotopic (exact) mass is 248 g/mol. The maximum Gasteiger partial charge on any atom is 0.192 e. The van der Waals surface area contributed by atoms with Crippen molar-refractivity contribution in [2.45, 2.75) is 24.3 Å².